The Morgan fingerprint density at radius 1 is 0.559 bits per heavy atom. The van der Waals surface area contributed by atoms with Crippen molar-refractivity contribution in [3.63, 3.8) is 0 Å². The molecule has 12 nitrogen and oxygen atoms in total. The van der Waals surface area contributed by atoms with Crippen molar-refractivity contribution in [1.29, 1.82) is 0 Å². The molecule has 0 aliphatic carbocycles. The molecule has 0 aliphatic heterocycles. The van der Waals surface area contributed by atoms with Gasteiger partial charge in [0.1, 0.15) is 0 Å². The van der Waals surface area contributed by atoms with Crippen molar-refractivity contribution < 1.29 is 149 Å². The molecular formula is C43H79Na3O12S. The number of hydrogen-bond acceptors (Lipinski definition) is 6. The average Bonchev–Trinajstić information content (AvgIpc) is 3.12. The van der Waals surface area contributed by atoms with Gasteiger partial charge < -0.3 is 30.2 Å². The molecule has 0 saturated heterocycles. The van der Waals surface area contributed by atoms with Gasteiger partial charge in [-0.1, -0.05) is 186 Å². The van der Waals surface area contributed by atoms with E-state index in [9.17, 15) is 14.4 Å². The van der Waals surface area contributed by atoms with Crippen molar-refractivity contribution in [3.8, 4) is 0 Å². The molecule has 0 heterocycles. The molecule has 0 saturated carbocycles. The predicted molar refractivity (Wildman–Crippen MR) is 228 cm³/mol. The van der Waals surface area contributed by atoms with Crippen LogP contribution in [0.2, 0.25) is 0 Å². The molecule has 0 spiro atoms. The number of benzene rings is 1. The van der Waals surface area contributed by atoms with Crippen molar-refractivity contribution in [2.45, 2.75) is 194 Å². The van der Waals surface area contributed by atoms with Crippen LogP contribution in [-0.2, 0) is 24.8 Å². The SMILES string of the molecule is CC(=O)O.CCCCCCCCCCCCCCCCCC/C(=C\C(=O)O)C(=O)O.O=C(O)c1ccccc1.O=S(=O)(O)O.[CH2-]CCCCCCCCCCC.[H-].[H-].[Na+].[Na+].[Na+]. The van der Waals surface area contributed by atoms with Gasteiger partial charge in [-0.3, -0.25) is 13.9 Å². The first kappa shape index (κ1) is 73.1. The maximum atomic E-state index is 10.9. The van der Waals surface area contributed by atoms with Gasteiger partial charge in [0.15, 0.2) is 0 Å². The normalized spacial score (nSPS) is 10.0. The van der Waals surface area contributed by atoms with Crippen LogP contribution < -0.4 is 88.7 Å². The molecule has 332 valence electrons. The van der Waals surface area contributed by atoms with Crippen molar-refractivity contribution in [1.82, 2.24) is 0 Å². The minimum atomic E-state index is -4.67. The van der Waals surface area contributed by atoms with Gasteiger partial charge >= 0.3 is 117 Å². The third-order valence-electron chi connectivity index (χ3n) is 8.25. The van der Waals surface area contributed by atoms with Gasteiger partial charge in [-0.15, -0.1) is 0 Å². The molecule has 0 radical (unpaired) electrons. The monoisotopic (exact) mass is 888 g/mol. The number of carboxylic acids is 4. The largest absolute Gasteiger partial charge is 1.00 e. The summed E-state index contributed by atoms with van der Waals surface area (Å²) < 4.78 is 31.6. The van der Waals surface area contributed by atoms with Crippen molar-refractivity contribution >= 4 is 34.3 Å². The molecule has 1 rings (SSSR count). The smallest absolute Gasteiger partial charge is 1.00 e. The second-order valence-corrected chi connectivity index (χ2v) is 14.6. The van der Waals surface area contributed by atoms with Crippen LogP contribution in [0.1, 0.15) is 207 Å². The van der Waals surface area contributed by atoms with E-state index in [2.05, 4.69) is 20.8 Å². The molecule has 1 aromatic carbocycles. The van der Waals surface area contributed by atoms with E-state index in [1.54, 1.807) is 30.3 Å². The summed E-state index contributed by atoms with van der Waals surface area (Å²) in [7, 11) is -4.67. The summed E-state index contributed by atoms with van der Waals surface area (Å²) in [6, 6.07) is 8.30. The molecule has 0 atom stereocenters. The van der Waals surface area contributed by atoms with Crippen LogP contribution in [0.4, 0.5) is 0 Å². The van der Waals surface area contributed by atoms with Gasteiger partial charge in [0.05, 0.1) is 5.56 Å². The molecule has 0 aromatic heterocycles. The quantitative estimate of drug-likeness (QED) is 0.0224. The Kier molecular flexibility index (Phi) is 71.5. The molecule has 16 heteroatoms. The number of rotatable bonds is 29. The van der Waals surface area contributed by atoms with Crippen molar-refractivity contribution in [2.75, 3.05) is 0 Å². The first-order chi connectivity index (χ1) is 26.5. The molecule has 59 heavy (non-hydrogen) atoms. The third-order valence-corrected chi connectivity index (χ3v) is 8.25. The first-order valence-corrected chi connectivity index (χ1v) is 22.1. The standard InChI is InChI=1S/C22H40O4.C12H25.C7H6O2.C2H4O2.3Na.H2O4S.2H/c1-2-3-4-5-6-7-8-9-10-11-12-13-14-15-16-17-18-20(22(25)26)19-21(23)24;1-3-5-7-9-11-12-10-8-6-4-2;8-7(9)6-4-2-1-3-5-6;1-2(3)4;;;;1-5(2,3)4;;/h19H,2-18H2,1H3,(H,23,24)(H,25,26);1,3-12H2,2H3;1-5H,(H,8,9);1H3,(H,3,4);;;;(H2,1,2,3,4);;/q;-1;;;3*+1;;2*-1/b20-19+;;;;;;;;;. The Balaban J connectivity index is -0.0000000918. The van der Waals surface area contributed by atoms with Crippen LogP contribution in [0.5, 0.6) is 0 Å². The van der Waals surface area contributed by atoms with E-state index in [0.717, 1.165) is 38.7 Å². The molecule has 1 aromatic rings. The Labute approximate surface area is 427 Å². The van der Waals surface area contributed by atoms with Crippen LogP contribution in [0.25, 0.3) is 0 Å². The topological polar surface area (TPSA) is 224 Å². The van der Waals surface area contributed by atoms with Crippen LogP contribution in [0, 0.1) is 6.92 Å². The second-order valence-electron chi connectivity index (χ2n) is 13.7. The number of hydrogen-bond donors (Lipinski definition) is 6. The Morgan fingerprint density at radius 3 is 1.05 bits per heavy atom. The second kappa shape index (κ2) is 57.7. The Bertz CT molecular complexity index is 1190. The van der Waals surface area contributed by atoms with Gasteiger partial charge in [-0.2, -0.15) is 14.8 Å². The van der Waals surface area contributed by atoms with Gasteiger partial charge in [0, 0.05) is 18.6 Å². The van der Waals surface area contributed by atoms with E-state index >= 15 is 0 Å². The Morgan fingerprint density at radius 2 is 0.831 bits per heavy atom. The summed E-state index contributed by atoms with van der Waals surface area (Å²) in [6.45, 7) is 9.46. The van der Waals surface area contributed by atoms with E-state index in [4.69, 9.17) is 42.7 Å². The fourth-order valence-electron chi connectivity index (χ4n) is 5.32. The predicted octanol–water partition coefficient (Wildman–Crippen LogP) is 3.53. The molecule has 0 aliphatic rings. The molecule has 0 unspecified atom stereocenters. The van der Waals surface area contributed by atoms with Crippen LogP contribution in [0.3, 0.4) is 0 Å². The van der Waals surface area contributed by atoms with Gasteiger partial charge in [-0.05, 0) is 25.0 Å². The Hall–Kier alpha value is -0.290. The molecule has 0 fully saturated rings. The molecule has 0 amide bonds. The number of aliphatic carboxylic acids is 3. The number of aromatic carboxylic acids is 1. The van der Waals surface area contributed by atoms with E-state index in [1.165, 1.54) is 141 Å². The molecule has 6 N–H and O–H groups in total. The van der Waals surface area contributed by atoms with E-state index in [1.807, 2.05) is 0 Å². The van der Waals surface area contributed by atoms with E-state index in [0.29, 0.717) is 12.0 Å². The zero-order valence-electron chi connectivity index (χ0n) is 39.8. The number of carboxylic acid groups (broad SMARTS) is 4. The van der Waals surface area contributed by atoms with E-state index < -0.39 is 34.3 Å². The fraction of sp³-hybridized carbons (Fsp3) is 0.698. The van der Waals surface area contributed by atoms with Crippen LogP contribution in [0.15, 0.2) is 42.0 Å². The maximum Gasteiger partial charge on any atom is 1.00 e. The van der Waals surface area contributed by atoms with Crippen molar-refractivity contribution in [3.05, 3.63) is 54.5 Å². The summed E-state index contributed by atoms with van der Waals surface area (Å²) in [6.07, 6.45) is 35.4. The van der Waals surface area contributed by atoms with E-state index in [-0.39, 0.29) is 97.1 Å². The summed E-state index contributed by atoms with van der Waals surface area (Å²) in [5.41, 5.74) is 0.334. The zero-order valence-corrected chi connectivity index (χ0v) is 44.6. The van der Waals surface area contributed by atoms with Gasteiger partial charge in [-0.25, -0.2) is 14.4 Å². The molecule has 0 bridgehead atoms. The number of carbonyl (C=O) groups is 4. The third kappa shape index (κ3) is 82.1. The van der Waals surface area contributed by atoms with Gasteiger partial charge in [0.2, 0.25) is 0 Å². The summed E-state index contributed by atoms with van der Waals surface area (Å²) in [4.78, 5) is 40.6. The maximum absolute atomic E-state index is 10.9. The van der Waals surface area contributed by atoms with Crippen LogP contribution >= 0.6 is 0 Å². The zero-order chi connectivity index (χ0) is 43.3. The summed E-state index contributed by atoms with van der Waals surface area (Å²) in [5, 5.41) is 33.3. The summed E-state index contributed by atoms with van der Waals surface area (Å²) >= 11 is 0. The van der Waals surface area contributed by atoms with Gasteiger partial charge in [0.25, 0.3) is 5.97 Å². The minimum absolute atomic E-state index is 0. The summed E-state index contributed by atoms with van der Waals surface area (Å²) in [5.74, 6) is -4.01. The number of unbranched alkanes of at least 4 members (excludes halogenated alkanes) is 24. The molecular weight excluding hydrogens is 809 g/mol. The first-order valence-electron chi connectivity index (χ1n) is 20.7. The van der Waals surface area contributed by atoms with Crippen LogP contribution in [-0.4, -0.2) is 61.8 Å². The minimum Gasteiger partial charge on any atom is -1.00 e. The fourth-order valence-corrected chi connectivity index (χ4v) is 5.32. The van der Waals surface area contributed by atoms with Crippen molar-refractivity contribution in [2.24, 2.45) is 0 Å². The average molecular weight is 889 g/mol.